The molecule has 0 aliphatic carbocycles. The molecule has 0 aromatic heterocycles. The number of carbonyl (C=O) groups is 2. The standard InChI is InChI=1S/C19H20Cl2N2O5S/c1-4-28-19(25)13-6-5-7-15(10-13)22-18(24)12(2)23(29(3,26)27)17-11-14(20)8-9-16(17)21/h5-12H,4H2,1-3H3,(H,22,24)/t12-/m1/s1. The van der Waals surface area contributed by atoms with Crippen LogP contribution in [0, 0.1) is 0 Å². The molecular formula is C19H20Cl2N2O5S. The number of amides is 1. The number of nitrogens with one attached hydrogen (secondary N) is 1. The van der Waals surface area contributed by atoms with Crippen molar-refractivity contribution in [3.8, 4) is 0 Å². The van der Waals surface area contributed by atoms with Crippen molar-refractivity contribution in [3.05, 3.63) is 58.1 Å². The van der Waals surface area contributed by atoms with E-state index in [1.54, 1.807) is 25.1 Å². The van der Waals surface area contributed by atoms with E-state index in [4.69, 9.17) is 27.9 Å². The molecule has 10 heteroatoms. The third-order valence-electron chi connectivity index (χ3n) is 3.88. The van der Waals surface area contributed by atoms with E-state index in [1.807, 2.05) is 0 Å². The number of halogens is 2. The number of sulfonamides is 1. The summed E-state index contributed by atoms with van der Waals surface area (Å²) in [6, 6.07) is 9.33. The van der Waals surface area contributed by atoms with Gasteiger partial charge in [0.25, 0.3) is 0 Å². The van der Waals surface area contributed by atoms with E-state index in [0.29, 0.717) is 5.69 Å². The van der Waals surface area contributed by atoms with E-state index in [-0.39, 0.29) is 27.9 Å². The van der Waals surface area contributed by atoms with Crippen molar-refractivity contribution in [3.63, 3.8) is 0 Å². The highest BCUT2D eigenvalue weighted by atomic mass is 35.5. The van der Waals surface area contributed by atoms with Gasteiger partial charge in [-0.15, -0.1) is 0 Å². The summed E-state index contributed by atoms with van der Waals surface area (Å²) in [5.41, 5.74) is 0.665. The molecule has 0 spiro atoms. The Labute approximate surface area is 179 Å². The molecule has 2 aromatic rings. The number of hydrogen-bond acceptors (Lipinski definition) is 5. The van der Waals surface area contributed by atoms with Crippen LogP contribution >= 0.6 is 23.2 Å². The first-order chi connectivity index (χ1) is 13.5. The maximum atomic E-state index is 12.8. The average Bonchev–Trinajstić information content (AvgIpc) is 2.64. The molecule has 0 unspecified atom stereocenters. The lowest BCUT2D eigenvalue weighted by atomic mass is 10.2. The zero-order chi connectivity index (χ0) is 21.8. The molecule has 1 atom stereocenters. The van der Waals surface area contributed by atoms with Crippen LogP contribution in [0.15, 0.2) is 42.5 Å². The van der Waals surface area contributed by atoms with Gasteiger partial charge in [-0.2, -0.15) is 0 Å². The maximum absolute atomic E-state index is 12.8. The summed E-state index contributed by atoms with van der Waals surface area (Å²) in [6.07, 6.45) is 0.968. The van der Waals surface area contributed by atoms with E-state index in [9.17, 15) is 18.0 Å². The van der Waals surface area contributed by atoms with E-state index >= 15 is 0 Å². The largest absolute Gasteiger partial charge is 0.462 e. The molecule has 29 heavy (non-hydrogen) atoms. The van der Waals surface area contributed by atoms with Gasteiger partial charge in [-0.25, -0.2) is 13.2 Å². The van der Waals surface area contributed by atoms with Gasteiger partial charge >= 0.3 is 5.97 Å². The lowest BCUT2D eigenvalue weighted by molar-refractivity contribution is -0.116. The summed E-state index contributed by atoms with van der Waals surface area (Å²) >= 11 is 12.1. The topological polar surface area (TPSA) is 92.8 Å². The van der Waals surface area contributed by atoms with E-state index in [2.05, 4.69) is 5.32 Å². The molecule has 1 amide bonds. The van der Waals surface area contributed by atoms with Gasteiger partial charge in [0.2, 0.25) is 15.9 Å². The molecule has 0 aliphatic heterocycles. The lowest BCUT2D eigenvalue weighted by Crippen LogP contribution is -2.45. The highest BCUT2D eigenvalue weighted by Crippen LogP contribution is 2.32. The molecule has 0 aliphatic rings. The van der Waals surface area contributed by atoms with E-state index in [1.165, 1.54) is 31.2 Å². The number of rotatable bonds is 7. The van der Waals surface area contributed by atoms with Gasteiger partial charge in [-0.1, -0.05) is 29.3 Å². The Morgan fingerprint density at radius 1 is 1.17 bits per heavy atom. The Morgan fingerprint density at radius 3 is 2.48 bits per heavy atom. The van der Waals surface area contributed by atoms with Crippen molar-refractivity contribution in [2.45, 2.75) is 19.9 Å². The minimum absolute atomic E-state index is 0.0876. The SMILES string of the molecule is CCOC(=O)c1cccc(NC(=O)[C@@H](C)N(c2cc(Cl)ccc2Cl)S(C)(=O)=O)c1. The van der Waals surface area contributed by atoms with Crippen LogP contribution in [-0.2, 0) is 19.6 Å². The quantitative estimate of drug-likeness (QED) is 0.633. The highest BCUT2D eigenvalue weighted by molar-refractivity contribution is 7.92. The zero-order valence-corrected chi connectivity index (χ0v) is 18.3. The number of esters is 1. The normalized spacial score (nSPS) is 12.2. The molecular weight excluding hydrogens is 439 g/mol. The van der Waals surface area contributed by atoms with Gasteiger partial charge in [-0.3, -0.25) is 9.10 Å². The monoisotopic (exact) mass is 458 g/mol. The molecule has 0 bridgehead atoms. The summed E-state index contributed by atoms with van der Waals surface area (Å²) in [4.78, 5) is 24.6. The Kier molecular flexibility index (Phi) is 7.51. The van der Waals surface area contributed by atoms with Crippen LogP contribution in [0.5, 0.6) is 0 Å². The third-order valence-corrected chi connectivity index (χ3v) is 5.66. The fourth-order valence-electron chi connectivity index (χ4n) is 2.62. The number of carbonyl (C=O) groups excluding carboxylic acids is 2. The Hall–Kier alpha value is -2.29. The summed E-state index contributed by atoms with van der Waals surface area (Å²) in [5, 5.41) is 3.01. The molecule has 7 nitrogen and oxygen atoms in total. The van der Waals surface area contributed by atoms with Crippen molar-refractivity contribution in [2.24, 2.45) is 0 Å². The number of ether oxygens (including phenoxy) is 1. The second-order valence-electron chi connectivity index (χ2n) is 6.12. The van der Waals surface area contributed by atoms with Crippen molar-refractivity contribution < 1.29 is 22.7 Å². The first-order valence-electron chi connectivity index (χ1n) is 8.57. The minimum atomic E-state index is -3.87. The number of benzene rings is 2. The van der Waals surface area contributed by atoms with Gasteiger partial charge in [0.15, 0.2) is 0 Å². The maximum Gasteiger partial charge on any atom is 0.338 e. The van der Waals surface area contributed by atoms with Crippen molar-refractivity contribution in [1.29, 1.82) is 0 Å². The zero-order valence-electron chi connectivity index (χ0n) is 16.0. The molecule has 0 saturated carbocycles. The predicted molar refractivity (Wildman–Crippen MR) is 114 cm³/mol. The van der Waals surface area contributed by atoms with Gasteiger partial charge in [0.05, 0.1) is 29.1 Å². The fraction of sp³-hybridized carbons (Fsp3) is 0.263. The summed E-state index contributed by atoms with van der Waals surface area (Å²) in [6.45, 7) is 3.32. The second kappa shape index (κ2) is 9.47. The summed E-state index contributed by atoms with van der Waals surface area (Å²) in [5.74, 6) is -1.15. The molecule has 2 aromatic carbocycles. The highest BCUT2D eigenvalue weighted by Gasteiger charge is 2.31. The van der Waals surface area contributed by atoms with Crippen molar-refractivity contribution in [2.75, 3.05) is 22.5 Å². The summed E-state index contributed by atoms with van der Waals surface area (Å²) in [7, 11) is -3.87. The Balaban J connectivity index is 2.32. The molecule has 1 N–H and O–H groups in total. The molecule has 0 radical (unpaired) electrons. The smallest absolute Gasteiger partial charge is 0.338 e. The molecule has 0 saturated heterocycles. The third kappa shape index (κ3) is 5.85. The van der Waals surface area contributed by atoms with Crippen molar-refractivity contribution >= 4 is 56.5 Å². The van der Waals surface area contributed by atoms with Crippen LogP contribution in [0.25, 0.3) is 0 Å². The second-order valence-corrected chi connectivity index (χ2v) is 8.82. The predicted octanol–water partition coefficient (Wildman–Crippen LogP) is 3.96. The van der Waals surface area contributed by atoms with Gasteiger partial charge in [0, 0.05) is 10.7 Å². The van der Waals surface area contributed by atoms with Crippen LogP contribution in [0.1, 0.15) is 24.2 Å². The van der Waals surface area contributed by atoms with E-state index in [0.717, 1.165) is 10.6 Å². The van der Waals surface area contributed by atoms with Gasteiger partial charge in [-0.05, 0) is 50.2 Å². The van der Waals surface area contributed by atoms with Crippen LogP contribution in [-0.4, -0.2) is 39.2 Å². The van der Waals surface area contributed by atoms with Gasteiger partial charge < -0.3 is 10.1 Å². The Morgan fingerprint density at radius 2 is 1.86 bits per heavy atom. The van der Waals surface area contributed by atoms with E-state index < -0.39 is 27.9 Å². The number of hydrogen-bond donors (Lipinski definition) is 1. The van der Waals surface area contributed by atoms with Gasteiger partial charge in [0.1, 0.15) is 6.04 Å². The van der Waals surface area contributed by atoms with Crippen LogP contribution in [0.3, 0.4) is 0 Å². The summed E-state index contributed by atoms with van der Waals surface area (Å²) < 4.78 is 30.6. The first-order valence-corrected chi connectivity index (χ1v) is 11.2. The average molecular weight is 459 g/mol. The lowest BCUT2D eigenvalue weighted by Gasteiger charge is -2.29. The minimum Gasteiger partial charge on any atom is -0.462 e. The Bertz CT molecular complexity index is 1030. The fourth-order valence-corrected chi connectivity index (χ4v) is 4.22. The van der Waals surface area contributed by atoms with Crippen LogP contribution in [0.2, 0.25) is 10.0 Å². The number of nitrogens with zero attached hydrogens (tertiary/aromatic N) is 1. The molecule has 0 fully saturated rings. The van der Waals surface area contributed by atoms with Crippen LogP contribution in [0.4, 0.5) is 11.4 Å². The van der Waals surface area contributed by atoms with Crippen LogP contribution < -0.4 is 9.62 Å². The molecule has 156 valence electrons. The van der Waals surface area contributed by atoms with Crippen molar-refractivity contribution in [1.82, 2.24) is 0 Å². The molecule has 0 heterocycles. The number of anilines is 2. The molecule has 2 rings (SSSR count). The first kappa shape index (κ1) is 23.0.